The normalized spacial score (nSPS) is 14.0. The summed E-state index contributed by atoms with van der Waals surface area (Å²) in [6, 6.07) is 0.307. The molecule has 0 aliphatic heterocycles. The highest BCUT2D eigenvalue weighted by atomic mass is 15.2. The van der Waals surface area contributed by atoms with Gasteiger partial charge in [-0.15, -0.1) is 0 Å². The van der Waals surface area contributed by atoms with Crippen LogP contribution in [0.25, 0.3) is 0 Å². The molecule has 0 amide bonds. The third kappa shape index (κ3) is 4.75. The Labute approximate surface area is 98.2 Å². The molecular weight excluding hydrogens is 200 g/mol. The van der Waals surface area contributed by atoms with Crippen molar-refractivity contribution in [1.29, 1.82) is 0 Å². The predicted octanol–water partition coefficient (Wildman–Crippen LogP) is 2.67. The lowest BCUT2D eigenvalue weighted by atomic mass is 9.88. The van der Waals surface area contributed by atoms with E-state index in [9.17, 15) is 0 Å². The number of aromatic amines is 1. The summed E-state index contributed by atoms with van der Waals surface area (Å²) >= 11 is 0. The van der Waals surface area contributed by atoms with Gasteiger partial charge in [-0.3, -0.25) is 5.10 Å². The number of aromatic nitrogens is 3. The van der Waals surface area contributed by atoms with Crippen LogP contribution in [-0.4, -0.2) is 21.7 Å². The maximum atomic E-state index is 4.24. The third-order valence-electron chi connectivity index (χ3n) is 2.59. The van der Waals surface area contributed by atoms with E-state index in [1.54, 1.807) is 6.33 Å². The Morgan fingerprint density at radius 1 is 1.44 bits per heavy atom. The van der Waals surface area contributed by atoms with Gasteiger partial charge in [-0.2, -0.15) is 5.10 Å². The van der Waals surface area contributed by atoms with Crippen molar-refractivity contribution < 1.29 is 0 Å². The van der Waals surface area contributed by atoms with E-state index in [1.807, 2.05) is 0 Å². The van der Waals surface area contributed by atoms with Gasteiger partial charge in [0.25, 0.3) is 0 Å². The van der Waals surface area contributed by atoms with Crippen molar-refractivity contribution in [3.05, 3.63) is 12.2 Å². The molecule has 0 radical (unpaired) electrons. The van der Waals surface area contributed by atoms with Gasteiger partial charge in [0.1, 0.15) is 12.2 Å². The van der Waals surface area contributed by atoms with Gasteiger partial charge in [-0.05, 0) is 31.2 Å². The van der Waals surface area contributed by atoms with Gasteiger partial charge >= 0.3 is 0 Å². The lowest BCUT2D eigenvalue weighted by Crippen LogP contribution is -2.24. The number of nitrogens with zero attached hydrogens (tertiary/aromatic N) is 2. The van der Waals surface area contributed by atoms with E-state index < -0.39 is 0 Å². The molecule has 2 N–H and O–H groups in total. The Bertz CT molecular complexity index is 274. The van der Waals surface area contributed by atoms with Crippen LogP contribution in [0.3, 0.4) is 0 Å². The molecule has 0 spiro atoms. The first-order valence-corrected chi connectivity index (χ1v) is 6.11. The van der Waals surface area contributed by atoms with Crippen molar-refractivity contribution in [2.45, 2.75) is 53.0 Å². The maximum absolute atomic E-state index is 4.24. The minimum Gasteiger partial charge on any atom is -0.307 e. The van der Waals surface area contributed by atoms with E-state index >= 15 is 0 Å². The summed E-state index contributed by atoms with van der Waals surface area (Å²) in [4.78, 5) is 4.24. The van der Waals surface area contributed by atoms with Gasteiger partial charge in [-0.25, -0.2) is 4.98 Å². The lowest BCUT2D eigenvalue weighted by Gasteiger charge is -2.22. The van der Waals surface area contributed by atoms with E-state index in [-0.39, 0.29) is 0 Å². The summed E-state index contributed by atoms with van der Waals surface area (Å²) < 4.78 is 0. The first-order chi connectivity index (χ1) is 7.53. The van der Waals surface area contributed by atoms with Gasteiger partial charge in [0, 0.05) is 0 Å². The second-order valence-electron chi connectivity index (χ2n) is 5.48. The topological polar surface area (TPSA) is 53.6 Å². The molecule has 92 valence electrons. The SMILES string of the molecule is CCCNC(CCC(C)(C)C)c1ncn[nH]1. The largest absolute Gasteiger partial charge is 0.307 e. The van der Waals surface area contributed by atoms with E-state index in [0.29, 0.717) is 11.5 Å². The molecule has 0 aliphatic rings. The molecule has 1 rings (SSSR count). The van der Waals surface area contributed by atoms with Crippen LogP contribution in [0.15, 0.2) is 6.33 Å². The Morgan fingerprint density at radius 2 is 2.19 bits per heavy atom. The standard InChI is InChI=1S/C12H24N4/c1-5-8-13-10(6-7-12(2,3)4)11-14-9-15-16-11/h9-10,13H,5-8H2,1-4H3,(H,14,15,16). The second-order valence-corrected chi connectivity index (χ2v) is 5.48. The van der Waals surface area contributed by atoms with Crippen LogP contribution in [0.5, 0.6) is 0 Å². The molecule has 16 heavy (non-hydrogen) atoms. The predicted molar refractivity (Wildman–Crippen MR) is 66.1 cm³/mol. The molecule has 0 aromatic carbocycles. The lowest BCUT2D eigenvalue weighted by molar-refractivity contribution is 0.327. The highest BCUT2D eigenvalue weighted by Crippen LogP contribution is 2.25. The van der Waals surface area contributed by atoms with Crippen molar-refractivity contribution in [2.75, 3.05) is 6.54 Å². The first kappa shape index (κ1) is 13.2. The summed E-state index contributed by atoms with van der Waals surface area (Å²) in [6.45, 7) is 10.0. The summed E-state index contributed by atoms with van der Waals surface area (Å²) in [5.41, 5.74) is 0.367. The number of hydrogen-bond donors (Lipinski definition) is 2. The summed E-state index contributed by atoms with van der Waals surface area (Å²) in [6.07, 6.45) is 4.99. The zero-order valence-corrected chi connectivity index (χ0v) is 10.9. The van der Waals surface area contributed by atoms with Crippen molar-refractivity contribution in [2.24, 2.45) is 5.41 Å². The Morgan fingerprint density at radius 3 is 2.69 bits per heavy atom. The molecule has 0 bridgehead atoms. The van der Waals surface area contributed by atoms with Crippen molar-refractivity contribution in [3.8, 4) is 0 Å². The Hall–Kier alpha value is -0.900. The van der Waals surface area contributed by atoms with Gasteiger partial charge in [0.05, 0.1) is 6.04 Å². The number of hydrogen-bond acceptors (Lipinski definition) is 3. The van der Waals surface area contributed by atoms with Gasteiger partial charge in [0.2, 0.25) is 0 Å². The molecule has 1 aromatic heterocycles. The molecule has 0 saturated carbocycles. The Balaban J connectivity index is 2.51. The van der Waals surface area contributed by atoms with E-state index in [1.165, 1.54) is 6.42 Å². The van der Waals surface area contributed by atoms with Crippen LogP contribution >= 0.6 is 0 Å². The zero-order valence-electron chi connectivity index (χ0n) is 10.9. The maximum Gasteiger partial charge on any atom is 0.141 e. The molecule has 0 fully saturated rings. The molecule has 1 heterocycles. The van der Waals surface area contributed by atoms with Crippen LogP contribution in [0, 0.1) is 5.41 Å². The van der Waals surface area contributed by atoms with Crippen molar-refractivity contribution in [3.63, 3.8) is 0 Å². The zero-order chi connectivity index (χ0) is 12.0. The number of H-pyrrole nitrogens is 1. The van der Waals surface area contributed by atoms with Gasteiger partial charge in [-0.1, -0.05) is 27.7 Å². The second kappa shape index (κ2) is 5.99. The summed E-state index contributed by atoms with van der Waals surface area (Å²) in [5, 5.41) is 10.4. The fraction of sp³-hybridized carbons (Fsp3) is 0.833. The Kier molecular flexibility index (Phi) is 4.93. The van der Waals surface area contributed by atoms with Crippen molar-refractivity contribution >= 4 is 0 Å². The molecule has 1 atom stereocenters. The van der Waals surface area contributed by atoms with Crippen molar-refractivity contribution in [1.82, 2.24) is 20.5 Å². The van der Waals surface area contributed by atoms with E-state index in [0.717, 1.165) is 25.2 Å². The number of nitrogens with one attached hydrogen (secondary N) is 2. The van der Waals surface area contributed by atoms with Crippen LogP contribution in [0.4, 0.5) is 0 Å². The highest BCUT2D eigenvalue weighted by molar-refractivity contribution is 4.91. The molecular formula is C12H24N4. The van der Waals surface area contributed by atoms with E-state index in [2.05, 4.69) is 48.2 Å². The fourth-order valence-electron chi connectivity index (χ4n) is 1.61. The molecule has 4 heteroatoms. The minimum absolute atomic E-state index is 0.307. The molecule has 1 unspecified atom stereocenters. The minimum atomic E-state index is 0.307. The fourth-order valence-corrected chi connectivity index (χ4v) is 1.61. The van der Waals surface area contributed by atoms with Gasteiger partial charge in [0.15, 0.2) is 0 Å². The molecule has 1 aromatic rings. The number of rotatable bonds is 6. The monoisotopic (exact) mass is 224 g/mol. The summed E-state index contributed by atoms with van der Waals surface area (Å²) in [5.74, 6) is 0.956. The highest BCUT2D eigenvalue weighted by Gasteiger charge is 2.18. The average Bonchev–Trinajstić information content (AvgIpc) is 2.69. The van der Waals surface area contributed by atoms with Crippen LogP contribution in [0.1, 0.15) is 58.8 Å². The smallest absolute Gasteiger partial charge is 0.141 e. The molecule has 4 nitrogen and oxygen atoms in total. The van der Waals surface area contributed by atoms with Gasteiger partial charge < -0.3 is 5.32 Å². The van der Waals surface area contributed by atoms with Crippen LogP contribution in [-0.2, 0) is 0 Å². The third-order valence-corrected chi connectivity index (χ3v) is 2.59. The quantitative estimate of drug-likeness (QED) is 0.781. The van der Waals surface area contributed by atoms with E-state index in [4.69, 9.17) is 0 Å². The molecule has 0 aliphatic carbocycles. The van der Waals surface area contributed by atoms with Crippen LogP contribution in [0.2, 0.25) is 0 Å². The average molecular weight is 224 g/mol. The van der Waals surface area contributed by atoms with Crippen LogP contribution < -0.4 is 5.32 Å². The first-order valence-electron chi connectivity index (χ1n) is 6.11. The molecule has 0 saturated heterocycles. The summed E-state index contributed by atoms with van der Waals surface area (Å²) in [7, 11) is 0.